The van der Waals surface area contributed by atoms with Gasteiger partial charge in [-0.05, 0) is 17.7 Å². The summed E-state index contributed by atoms with van der Waals surface area (Å²) in [5.74, 6) is -1.90. The van der Waals surface area contributed by atoms with Crippen molar-refractivity contribution in [2.24, 2.45) is 0 Å². The topological polar surface area (TPSA) is 101 Å². The number of benzene rings is 1. The fraction of sp³-hybridized carbons (Fsp3) is 0.0588. The summed E-state index contributed by atoms with van der Waals surface area (Å²) in [4.78, 5) is 24.2. The van der Waals surface area contributed by atoms with E-state index in [0.717, 1.165) is 28.9 Å². The van der Waals surface area contributed by atoms with Crippen LogP contribution in [0.4, 0.5) is 5.00 Å². The molecule has 11 heteroatoms. The van der Waals surface area contributed by atoms with E-state index in [0.29, 0.717) is 16.1 Å². The van der Waals surface area contributed by atoms with Gasteiger partial charge in [0.1, 0.15) is 15.4 Å². The van der Waals surface area contributed by atoms with Crippen molar-refractivity contribution in [3.05, 3.63) is 55.5 Å². The Morgan fingerprint density at radius 3 is 2.25 bits per heavy atom. The van der Waals surface area contributed by atoms with Crippen molar-refractivity contribution in [3.63, 3.8) is 0 Å². The highest BCUT2D eigenvalue weighted by Crippen LogP contribution is 2.37. The van der Waals surface area contributed by atoms with Gasteiger partial charge in [0, 0.05) is 27.6 Å². The maximum Gasteiger partial charge on any atom is 0.339 e. The van der Waals surface area contributed by atoms with Crippen molar-refractivity contribution in [3.8, 4) is 11.1 Å². The smallest absolute Gasteiger partial charge is 0.339 e. The lowest BCUT2D eigenvalue weighted by molar-refractivity contribution is 0.0699. The molecule has 0 unspecified atom stereocenters. The minimum Gasteiger partial charge on any atom is -0.478 e. The molecule has 2 N–H and O–H groups in total. The van der Waals surface area contributed by atoms with E-state index >= 15 is 0 Å². The normalized spacial score (nSPS) is 11.4. The number of hydrogen-bond donors (Lipinski definition) is 2. The van der Waals surface area contributed by atoms with Crippen LogP contribution in [0.3, 0.4) is 0 Å². The molecule has 0 aliphatic heterocycles. The Balaban J connectivity index is 1.97. The molecule has 0 aliphatic carbocycles. The van der Waals surface area contributed by atoms with Crippen molar-refractivity contribution in [1.29, 1.82) is 0 Å². The van der Waals surface area contributed by atoms with Gasteiger partial charge in [-0.3, -0.25) is 4.79 Å². The predicted octanol–water partition coefficient (Wildman–Crippen LogP) is 5.14. The van der Waals surface area contributed by atoms with Crippen LogP contribution in [0.1, 0.15) is 20.0 Å². The largest absolute Gasteiger partial charge is 0.478 e. The summed E-state index contributed by atoms with van der Waals surface area (Å²) in [6, 6.07) is 6.63. The number of sulfone groups is 1. The second kappa shape index (κ2) is 7.84. The zero-order chi connectivity index (χ0) is 20.6. The second-order valence-electron chi connectivity index (χ2n) is 5.63. The Hall–Kier alpha value is -1.91. The zero-order valence-electron chi connectivity index (χ0n) is 14.0. The fourth-order valence-electron chi connectivity index (χ4n) is 2.40. The number of thiophene rings is 2. The first kappa shape index (κ1) is 20.8. The molecule has 0 atom stereocenters. The molecule has 0 saturated carbocycles. The van der Waals surface area contributed by atoms with E-state index < -0.39 is 21.7 Å². The molecule has 0 bridgehead atoms. The summed E-state index contributed by atoms with van der Waals surface area (Å²) < 4.78 is 23.4. The summed E-state index contributed by atoms with van der Waals surface area (Å²) in [6.45, 7) is 0. The fourth-order valence-corrected chi connectivity index (χ4v) is 6.29. The molecular formula is C17H11Cl2NO5S3. The van der Waals surface area contributed by atoms with Crippen LogP contribution >= 0.6 is 45.9 Å². The number of amides is 1. The Morgan fingerprint density at radius 1 is 1.07 bits per heavy atom. The molecule has 2 aromatic heterocycles. The van der Waals surface area contributed by atoms with E-state index in [1.54, 1.807) is 29.6 Å². The van der Waals surface area contributed by atoms with Crippen LogP contribution in [0.25, 0.3) is 11.1 Å². The number of carbonyl (C=O) groups excluding carboxylic acids is 1. The molecule has 6 nitrogen and oxygen atoms in total. The van der Waals surface area contributed by atoms with Gasteiger partial charge < -0.3 is 10.4 Å². The molecule has 3 rings (SSSR count). The molecule has 3 aromatic rings. The Kier molecular flexibility index (Phi) is 5.83. The Labute approximate surface area is 178 Å². The molecule has 28 heavy (non-hydrogen) atoms. The minimum absolute atomic E-state index is 0.0140. The van der Waals surface area contributed by atoms with E-state index in [4.69, 9.17) is 23.2 Å². The number of hydrogen-bond acceptors (Lipinski definition) is 6. The van der Waals surface area contributed by atoms with Gasteiger partial charge in [-0.2, -0.15) is 0 Å². The third kappa shape index (κ3) is 4.08. The number of carboxylic acid groups (broad SMARTS) is 1. The SMILES string of the molecule is CS(=O)(=O)c1csc(C(=O)Nc2scc(-c3ccc(Cl)cc3)c2C(=O)O)c1Cl. The first-order valence-corrected chi connectivity index (χ1v) is 11.9. The lowest BCUT2D eigenvalue weighted by Gasteiger charge is -2.06. The molecule has 0 aliphatic rings. The van der Waals surface area contributed by atoms with Crippen molar-refractivity contribution < 1.29 is 23.1 Å². The monoisotopic (exact) mass is 475 g/mol. The number of nitrogens with one attached hydrogen (secondary N) is 1. The summed E-state index contributed by atoms with van der Waals surface area (Å²) in [6.07, 6.45) is 0.989. The van der Waals surface area contributed by atoms with Crippen LogP contribution in [0.5, 0.6) is 0 Å². The summed E-state index contributed by atoms with van der Waals surface area (Å²) >= 11 is 13.8. The number of rotatable bonds is 5. The van der Waals surface area contributed by atoms with Crippen LogP contribution < -0.4 is 5.32 Å². The van der Waals surface area contributed by atoms with Crippen molar-refractivity contribution in [1.82, 2.24) is 0 Å². The first-order valence-electron chi connectivity index (χ1n) is 7.48. The van der Waals surface area contributed by atoms with Gasteiger partial charge in [-0.1, -0.05) is 35.3 Å². The van der Waals surface area contributed by atoms with Crippen LogP contribution in [0.15, 0.2) is 39.9 Å². The molecule has 1 amide bonds. The molecule has 0 fully saturated rings. The van der Waals surface area contributed by atoms with Gasteiger partial charge in [-0.25, -0.2) is 13.2 Å². The van der Waals surface area contributed by atoms with Crippen LogP contribution in [-0.4, -0.2) is 31.7 Å². The molecule has 0 spiro atoms. The second-order valence-corrected chi connectivity index (χ2v) is 10.2. The van der Waals surface area contributed by atoms with E-state index in [-0.39, 0.29) is 25.4 Å². The predicted molar refractivity (Wildman–Crippen MR) is 112 cm³/mol. The highest BCUT2D eigenvalue weighted by Gasteiger charge is 2.25. The molecular weight excluding hydrogens is 465 g/mol. The summed E-state index contributed by atoms with van der Waals surface area (Å²) in [5, 5.41) is 15.5. The van der Waals surface area contributed by atoms with Crippen molar-refractivity contribution in [2.45, 2.75) is 4.90 Å². The highest BCUT2D eigenvalue weighted by molar-refractivity contribution is 7.91. The van der Waals surface area contributed by atoms with Gasteiger partial charge in [0.05, 0.1) is 9.92 Å². The van der Waals surface area contributed by atoms with E-state index in [2.05, 4.69) is 5.32 Å². The van der Waals surface area contributed by atoms with Crippen LogP contribution in [0.2, 0.25) is 10.0 Å². The third-order valence-electron chi connectivity index (χ3n) is 3.69. The van der Waals surface area contributed by atoms with Gasteiger partial charge in [0.15, 0.2) is 9.84 Å². The maximum absolute atomic E-state index is 12.6. The number of carboxylic acids is 1. The number of anilines is 1. The number of aromatic carboxylic acids is 1. The Morgan fingerprint density at radius 2 is 1.71 bits per heavy atom. The third-order valence-corrected chi connectivity index (χ3v) is 7.71. The van der Waals surface area contributed by atoms with Gasteiger partial charge in [-0.15, -0.1) is 22.7 Å². The van der Waals surface area contributed by atoms with Crippen molar-refractivity contribution in [2.75, 3.05) is 11.6 Å². The lowest BCUT2D eigenvalue weighted by Crippen LogP contribution is -2.13. The van der Waals surface area contributed by atoms with Crippen LogP contribution in [0, 0.1) is 0 Å². The summed E-state index contributed by atoms with van der Waals surface area (Å²) in [7, 11) is -3.58. The van der Waals surface area contributed by atoms with Gasteiger partial charge >= 0.3 is 5.97 Å². The molecule has 146 valence electrons. The lowest BCUT2D eigenvalue weighted by atomic mass is 10.0. The molecule has 0 radical (unpaired) electrons. The van der Waals surface area contributed by atoms with E-state index in [1.807, 2.05) is 0 Å². The first-order chi connectivity index (χ1) is 13.1. The van der Waals surface area contributed by atoms with Crippen molar-refractivity contribution >= 4 is 72.6 Å². The maximum atomic E-state index is 12.6. The van der Waals surface area contributed by atoms with E-state index in [9.17, 15) is 23.1 Å². The van der Waals surface area contributed by atoms with E-state index in [1.165, 1.54) is 5.38 Å². The standard InChI is InChI=1S/C17H11Cl2NO5S3/c1-28(24,25)11-7-26-14(13(11)19)15(21)20-16-12(17(22)23)10(6-27-16)8-2-4-9(18)5-3-8/h2-7H,1H3,(H,20,21)(H,22,23). The average molecular weight is 476 g/mol. The molecule has 0 saturated heterocycles. The minimum atomic E-state index is -3.58. The molecule has 2 heterocycles. The average Bonchev–Trinajstić information content (AvgIpc) is 3.19. The summed E-state index contributed by atoms with van der Waals surface area (Å²) in [5.41, 5.74) is 0.988. The van der Waals surface area contributed by atoms with Crippen LogP contribution in [-0.2, 0) is 9.84 Å². The Bertz CT molecular complexity index is 1180. The van der Waals surface area contributed by atoms with Gasteiger partial charge in [0.2, 0.25) is 0 Å². The number of halogens is 2. The quantitative estimate of drug-likeness (QED) is 0.531. The molecule has 1 aromatic carbocycles. The van der Waals surface area contributed by atoms with Gasteiger partial charge in [0.25, 0.3) is 5.91 Å². The zero-order valence-corrected chi connectivity index (χ0v) is 18.0. The number of carbonyl (C=O) groups is 2. The highest BCUT2D eigenvalue weighted by atomic mass is 35.5.